The third-order valence-electron chi connectivity index (χ3n) is 3.08. The monoisotopic (exact) mass is 393 g/mol. The number of nitrogens with one attached hydrogen (secondary N) is 2. The number of guanidine groups is 1. The van der Waals surface area contributed by atoms with Gasteiger partial charge in [-0.15, -0.1) is 24.0 Å². The maximum Gasteiger partial charge on any atom is 0.191 e. The molecule has 1 heterocycles. The maximum atomic E-state index is 4.63. The molecule has 0 aliphatic heterocycles. The van der Waals surface area contributed by atoms with Gasteiger partial charge in [-0.1, -0.05) is 13.8 Å². The van der Waals surface area contributed by atoms with Crippen LogP contribution in [0.15, 0.2) is 4.99 Å². The van der Waals surface area contributed by atoms with Gasteiger partial charge in [0.2, 0.25) is 0 Å². The van der Waals surface area contributed by atoms with Crippen molar-refractivity contribution in [3.8, 4) is 0 Å². The van der Waals surface area contributed by atoms with Crippen molar-refractivity contribution in [1.29, 1.82) is 0 Å². The molecule has 0 spiro atoms. The van der Waals surface area contributed by atoms with Crippen LogP contribution in [0.1, 0.15) is 37.7 Å². The van der Waals surface area contributed by atoms with Crippen molar-refractivity contribution in [3.63, 3.8) is 0 Å². The highest BCUT2D eigenvalue weighted by Gasteiger charge is 2.08. The molecule has 0 amide bonds. The molecule has 0 radical (unpaired) electrons. The van der Waals surface area contributed by atoms with Crippen molar-refractivity contribution in [2.24, 2.45) is 18.0 Å². The van der Waals surface area contributed by atoms with Crippen LogP contribution in [-0.4, -0.2) is 28.8 Å². The second kappa shape index (κ2) is 9.20. The summed E-state index contributed by atoms with van der Waals surface area (Å²) in [5.74, 6) is 1.48. The molecule has 0 aromatic carbocycles. The number of hydrogen-bond donors (Lipinski definition) is 2. The number of hydrogen-bond acceptors (Lipinski definition) is 2. The zero-order valence-corrected chi connectivity index (χ0v) is 15.8. The van der Waals surface area contributed by atoms with Gasteiger partial charge in [-0.2, -0.15) is 5.10 Å². The van der Waals surface area contributed by atoms with Crippen LogP contribution in [0.3, 0.4) is 0 Å². The Hall–Kier alpha value is -0.790. The molecular weight excluding hydrogens is 365 g/mol. The Morgan fingerprint density at radius 1 is 1.30 bits per heavy atom. The molecule has 0 fully saturated rings. The molecule has 6 heteroatoms. The SMILES string of the molecule is CCNC(=NCc1c(C)nn(C)c1C)NCC(C)C.I. The quantitative estimate of drug-likeness (QED) is 0.459. The second-order valence-corrected chi connectivity index (χ2v) is 5.24. The zero-order chi connectivity index (χ0) is 14.4. The van der Waals surface area contributed by atoms with Crippen LogP contribution >= 0.6 is 24.0 Å². The Kier molecular flexibility index (Phi) is 8.84. The summed E-state index contributed by atoms with van der Waals surface area (Å²) >= 11 is 0. The first kappa shape index (κ1) is 19.2. The number of aromatic nitrogens is 2. The molecule has 0 saturated carbocycles. The molecule has 0 unspecified atom stereocenters. The van der Waals surface area contributed by atoms with Gasteiger partial charge < -0.3 is 10.6 Å². The van der Waals surface area contributed by atoms with Gasteiger partial charge in [0.15, 0.2) is 5.96 Å². The van der Waals surface area contributed by atoms with Crippen LogP contribution in [0.25, 0.3) is 0 Å². The number of nitrogens with zero attached hydrogens (tertiary/aromatic N) is 3. The second-order valence-electron chi connectivity index (χ2n) is 5.24. The molecule has 1 rings (SSSR count). The first-order valence-corrected chi connectivity index (χ1v) is 6.96. The third-order valence-corrected chi connectivity index (χ3v) is 3.08. The fourth-order valence-corrected chi connectivity index (χ4v) is 1.85. The number of aliphatic imine (C=N–C) groups is 1. The summed E-state index contributed by atoms with van der Waals surface area (Å²) in [6.07, 6.45) is 0. The lowest BCUT2D eigenvalue weighted by molar-refractivity contribution is 0.615. The Labute approximate surface area is 139 Å². The largest absolute Gasteiger partial charge is 0.357 e. The molecule has 20 heavy (non-hydrogen) atoms. The normalized spacial score (nSPS) is 11.4. The van der Waals surface area contributed by atoms with E-state index in [1.165, 1.54) is 11.3 Å². The van der Waals surface area contributed by atoms with Gasteiger partial charge in [-0.3, -0.25) is 4.68 Å². The van der Waals surface area contributed by atoms with E-state index < -0.39 is 0 Å². The van der Waals surface area contributed by atoms with Crippen molar-refractivity contribution in [1.82, 2.24) is 20.4 Å². The van der Waals surface area contributed by atoms with E-state index in [9.17, 15) is 0 Å². The lowest BCUT2D eigenvalue weighted by atomic mass is 10.2. The van der Waals surface area contributed by atoms with E-state index in [-0.39, 0.29) is 24.0 Å². The summed E-state index contributed by atoms with van der Waals surface area (Å²) in [6.45, 7) is 13.0. The van der Waals surface area contributed by atoms with Crippen molar-refractivity contribution in [3.05, 3.63) is 17.0 Å². The Morgan fingerprint density at radius 2 is 1.95 bits per heavy atom. The third kappa shape index (κ3) is 5.68. The number of rotatable bonds is 5. The molecule has 1 aromatic rings. The van der Waals surface area contributed by atoms with Crippen molar-refractivity contribution >= 4 is 29.9 Å². The fourth-order valence-electron chi connectivity index (χ4n) is 1.85. The van der Waals surface area contributed by atoms with E-state index in [1.807, 2.05) is 18.7 Å². The van der Waals surface area contributed by atoms with E-state index in [1.54, 1.807) is 0 Å². The summed E-state index contributed by atoms with van der Waals surface area (Å²) in [4.78, 5) is 4.63. The molecule has 1 aromatic heterocycles. The molecule has 0 bridgehead atoms. The van der Waals surface area contributed by atoms with Gasteiger partial charge in [0.05, 0.1) is 12.2 Å². The summed E-state index contributed by atoms with van der Waals surface area (Å²) in [5.41, 5.74) is 3.45. The van der Waals surface area contributed by atoms with Gasteiger partial charge in [0.1, 0.15) is 0 Å². The van der Waals surface area contributed by atoms with E-state index in [4.69, 9.17) is 0 Å². The highest BCUT2D eigenvalue weighted by atomic mass is 127. The van der Waals surface area contributed by atoms with Gasteiger partial charge in [-0.25, -0.2) is 4.99 Å². The smallest absolute Gasteiger partial charge is 0.191 e. The van der Waals surface area contributed by atoms with E-state index >= 15 is 0 Å². The highest BCUT2D eigenvalue weighted by molar-refractivity contribution is 14.0. The number of aryl methyl sites for hydroxylation is 2. The summed E-state index contributed by atoms with van der Waals surface area (Å²) in [5, 5.41) is 11.0. The Morgan fingerprint density at radius 3 is 2.40 bits per heavy atom. The highest BCUT2D eigenvalue weighted by Crippen LogP contribution is 2.12. The predicted octanol–water partition coefficient (Wildman–Crippen LogP) is 2.37. The van der Waals surface area contributed by atoms with Gasteiger partial charge in [0, 0.05) is 31.4 Å². The van der Waals surface area contributed by atoms with Crippen LogP contribution < -0.4 is 10.6 Å². The summed E-state index contributed by atoms with van der Waals surface area (Å²) in [6, 6.07) is 0. The van der Waals surface area contributed by atoms with Gasteiger partial charge in [0.25, 0.3) is 0 Å². The number of halogens is 1. The molecule has 0 saturated heterocycles. The standard InChI is InChI=1S/C14H27N5.HI/c1-7-15-14(16-8-10(2)3)17-9-13-11(4)18-19(6)12(13)5;/h10H,7-9H2,1-6H3,(H2,15,16,17);1H. The van der Waals surface area contributed by atoms with Crippen molar-refractivity contribution in [2.45, 2.75) is 41.2 Å². The van der Waals surface area contributed by atoms with Crippen LogP contribution in [0.2, 0.25) is 0 Å². The Balaban J connectivity index is 0.00000361. The van der Waals surface area contributed by atoms with Crippen LogP contribution in [-0.2, 0) is 13.6 Å². The van der Waals surface area contributed by atoms with Gasteiger partial charge in [-0.05, 0) is 26.7 Å². The average Bonchev–Trinajstić information content (AvgIpc) is 2.58. The van der Waals surface area contributed by atoms with Gasteiger partial charge >= 0.3 is 0 Å². The molecule has 2 N–H and O–H groups in total. The molecule has 5 nitrogen and oxygen atoms in total. The molecule has 0 aliphatic carbocycles. The van der Waals surface area contributed by atoms with Crippen molar-refractivity contribution < 1.29 is 0 Å². The minimum absolute atomic E-state index is 0. The lowest BCUT2D eigenvalue weighted by Gasteiger charge is -2.13. The topological polar surface area (TPSA) is 54.2 Å². The minimum atomic E-state index is 0. The molecular formula is C14H28IN5. The summed E-state index contributed by atoms with van der Waals surface area (Å²) < 4.78 is 1.91. The first-order chi connectivity index (χ1) is 8.95. The van der Waals surface area contributed by atoms with E-state index in [0.717, 1.165) is 24.7 Å². The van der Waals surface area contributed by atoms with E-state index in [2.05, 4.69) is 48.4 Å². The van der Waals surface area contributed by atoms with Crippen LogP contribution in [0.4, 0.5) is 0 Å². The van der Waals surface area contributed by atoms with Crippen molar-refractivity contribution in [2.75, 3.05) is 13.1 Å². The zero-order valence-electron chi connectivity index (χ0n) is 13.4. The molecule has 116 valence electrons. The predicted molar refractivity (Wildman–Crippen MR) is 95.8 cm³/mol. The molecule has 0 atom stereocenters. The van der Waals surface area contributed by atoms with E-state index in [0.29, 0.717) is 12.5 Å². The maximum absolute atomic E-state index is 4.63. The first-order valence-electron chi connectivity index (χ1n) is 6.96. The van der Waals surface area contributed by atoms with Crippen LogP contribution in [0.5, 0.6) is 0 Å². The Bertz CT molecular complexity index is 437. The fraction of sp³-hybridized carbons (Fsp3) is 0.714. The average molecular weight is 393 g/mol. The molecule has 0 aliphatic rings. The lowest BCUT2D eigenvalue weighted by Crippen LogP contribution is -2.39. The van der Waals surface area contributed by atoms with Crippen LogP contribution in [0, 0.1) is 19.8 Å². The minimum Gasteiger partial charge on any atom is -0.357 e. The summed E-state index contributed by atoms with van der Waals surface area (Å²) in [7, 11) is 1.97.